The fourth-order valence-corrected chi connectivity index (χ4v) is 2.84. The number of methoxy groups -OCH3 is 2. The van der Waals surface area contributed by atoms with Gasteiger partial charge in [-0.25, -0.2) is 9.37 Å². The molecule has 0 unspecified atom stereocenters. The minimum Gasteiger partial charge on any atom is -0.494 e. The largest absolute Gasteiger partial charge is 0.494 e. The number of pyridine rings is 1. The van der Waals surface area contributed by atoms with Crippen molar-refractivity contribution < 1.29 is 18.8 Å². The van der Waals surface area contributed by atoms with Gasteiger partial charge in [0, 0.05) is 11.5 Å². The van der Waals surface area contributed by atoms with Gasteiger partial charge in [0.1, 0.15) is 11.3 Å². The molecule has 0 N–H and O–H groups in total. The Labute approximate surface area is 143 Å². The van der Waals surface area contributed by atoms with E-state index in [0.717, 1.165) is 5.56 Å². The highest BCUT2D eigenvalue weighted by molar-refractivity contribution is 6.04. The number of ether oxygens (including phenoxy) is 2. The second kappa shape index (κ2) is 6.35. The van der Waals surface area contributed by atoms with E-state index in [1.807, 2.05) is 6.92 Å². The van der Waals surface area contributed by atoms with Crippen LogP contribution in [0.2, 0.25) is 0 Å². The number of hydrogen-bond acceptors (Lipinski definition) is 5. The molecule has 0 atom stereocenters. The summed E-state index contributed by atoms with van der Waals surface area (Å²) in [6.45, 7) is 1.81. The lowest BCUT2D eigenvalue weighted by Gasteiger charge is -2.14. The average Bonchev–Trinajstić information content (AvgIpc) is 2.60. The SMILES string of the molecule is COc1cc(C)c2c(-c3ccc(F)cc3)c([N+](=O)[O-])cc(OC)c2n1. The molecule has 0 saturated carbocycles. The van der Waals surface area contributed by atoms with Crippen molar-refractivity contribution in [2.45, 2.75) is 6.92 Å². The fourth-order valence-electron chi connectivity index (χ4n) is 2.84. The van der Waals surface area contributed by atoms with Gasteiger partial charge in [0.05, 0.1) is 30.8 Å². The molecule has 0 amide bonds. The predicted octanol–water partition coefficient (Wildman–Crippen LogP) is 4.27. The van der Waals surface area contributed by atoms with Gasteiger partial charge >= 0.3 is 0 Å². The van der Waals surface area contributed by atoms with Crippen LogP contribution in [0, 0.1) is 22.9 Å². The van der Waals surface area contributed by atoms with Crippen molar-refractivity contribution in [2.75, 3.05) is 14.2 Å². The molecule has 0 fully saturated rings. The molecule has 1 heterocycles. The maximum atomic E-state index is 13.3. The second-order valence-electron chi connectivity index (χ2n) is 5.44. The number of nitro benzene ring substituents is 1. The molecule has 0 saturated heterocycles. The minimum absolute atomic E-state index is 0.133. The summed E-state index contributed by atoms with van der Waals surface area (Å²) in [4.78, 5) is 15.5. The van der Waals surface area contributed by atoms with Crippen molar-refractivity contribution in [3.8, 4) is 22.8 Å². The van der Waals surface area contributed by atoms with E-state index in [0.29, 0.717) is 27.9 Å². The Morgan fingerprint density at radius 3 is 2.36 bits per heavy atom. The van der Waals surface area contributed by atoms with Gasteiger partial charge < -0.3 is 9.47 Å². The Bertz CT molecular complexity index is 971. The van der Waals surface area contributed by atoms with E-state index in [1.165, 1.54) is 44.6 Å². The van der Waals surface area contributed by atoms with Crippen LogP contribution >= 0.6 is 0 Å². The van der Waals surface area contributed by atoms with Gasteiger partial charge in [-0.3, -0.25) is 10.1 Å². The van der Waals surface area contributed by atoms with Crippen LogP contribution < -0.4 is 9.47 Å². The van der Waals surface area contributed by atoms with Gasteiger partial charge in [-0.2, -0.15) is 0 Å². The number of aromatic nitrogens is 1. The molecule has 7 heteroatoms. The Balaban J connectivity index is 2.49. The highest BCUT2D eigenvalue weighted by atomic mass is 19.1. The summed E-state index contributed by atoms with van der Waals surface area (Å²) in [6, 6.07) is 8.56. The summed E-state index contributed by atoms with van der Waals surface area (Å²) in [5, 5.41) is 12.2. The number of benzene rings is 2. The normalized spacial score (nSPS) is 10.7. The van der Waals surface area contributed by atoms with Crippen molar-refractivity contribution in [3.63, 3.8) is 0 Å². The summed E-state index contributed by atoms with van der Waals surface area (Å²) in [6.07, 6.45) is 0. The molecular weight excluding hydrogens is 327 g/mol. The number of rotatable bonds is 4. The third kappa shape index (κ3) is 2.84. The Hall–Kier alpha value is -3.22. The van der Waals surface area contributed by atoms with Gasteiger partial charge in [-0.1, -0.05) is 12.1 Å². The molecule has 3 rings (SSSR count). The van der Waals surface area contributed by atoms with Crippen LogP contribution in [0.25, 0.3) is 22.0 Å². The Morgan fingerprint density at radius 2 is 1.80 bits per heavy atom. The zero-order valence-electron chi connectivity index (χ0n) is 13.9. The van der Waals surface area contributed by atoms with E-state index in [-0.39, 0.29) is 11.4 Å². The zero-order valence-corrected chi connectivity index (χ0v) is 13.9. The van der Waals surface area contributed by atoms with Gasteiger partial charge in [-0.05, 0) is 30.2 Å². The minimum atomic E-state index is -0.482. The third-order valence-electron chi connectivity index (χ3n) is 3.96. The summed E-state index contributed by atoms with van der Waals surface area (Å²) < 4.78 is 23.8. The van der Waals surface area contributed by atoms with Crippen LogP contribution in [-0.2, 0) is 0 Å². The van der Waals surface area contributed by atoms with Crippen LogP contribution in [0.1, 0.15) is 5.56 Å². The molecule has 128 valence electrons. The summed E-state index contributed by atoms with van der Waals surface area (Å²) in [5.74, 6) is 0.234. The van der Waals surface area contributed by atoms with Crippen molar-refractivity contribution in [2.24, 2.45) is 0 Å². The number of nitro groups is 1. The predicted molar refractivity (Wildman–Crippen MR) is 91.6 cm³/mol. The first-order valence-electron chi connectivity index (χ1n) is 7.43. The fraction of sp³-hybridized carbons (Fsp3) is 0.167. The number of hydrogen-bond donors (Lipinski definition) is 0. The summed E-state index contributed by atoms with van der Waals surface area (Å²) in [7, 11) is 2.92. The molecule has 3 aromatic rings. The molecule has 2 aromatic carbocycles. The molecule has 0 spiro atoms. The molecule has 1 aromatic heterocycles. The van der Waals surface area contributed by atoms with Crippen LogP contribution in [0.15, 0.2) is 36.4 Å². The topological polar surface area (TPSA) is 74.5 Å². The first kappa shape index (κ1) is 16.6. The number of nitrogens with zero attached hydrogens (tertiary/aromatic N) is 2. The van der Waals surface area contributed by atoms with Crippen LogP contribution in [-0.4, -0.2) is 24.1 Å². The van der Waals surface area contributed by atoms with Crippen LogP contribution in [0.3, 0.4) is 0 Å². The monoisotopic (exact) mass is 342 g/mol. The molecule has 0 radical (unpaired) electrons. The lowest BCUT2D eigenvalue weighted by atomic mass is 9.95. The molecular formula is C18H15FN2O4. The lowest BCUT2D eigenvalue weighted by Crippen LogP contribution is -2.00. The Kier molecular flexibility index (Phi) is 4.22. The molecule has 0 bridgehead atoms. The maximum Gasteiger partial charge on any atom is 0.281 e. The smallest absolute Gasteiger partial charge is 0.281 e. The maximum absolute atomic E-state index is 13.3. The molecule has 6 nitrogen and oxygen atoms in total. The van der Waals surface area contributed by atoms with E-state index in [2.05, 4.69) is 4.98 Å². The number of halogens is 1. The van der Waals surface area contributed by atoms with Crippen molar-refractivity contribution in [1.29, 1.82) is 0 Å². The van der Waals surface area contributed by atoms with E-state index in [9.17, 15) is 14.5 Å². The van der Waals surface area contributed by atoms with Crippen LogP contribution in [0.5, 0.6) is 11.6 Å². The summed E-state index contributed by atoms with van der Waals surface area (Å²) >= 11 is 0. The van der Waals surface area contributed by atoms with Crippen molar-refractivity contribution in [3.05, 3.63) is 57.9 Å². The van der Waals surface area contributed by atoms with Gasteiger partial charge in [0.15, 0.2) is 5.75 Å². The zero-order chi connectivity index (χ0) is 18.1. The van der Waals surface area contributed by atoms with Gasteiger partial charge in [-0.15, -0.1) is 0 Å². The van der Waals surface area contributed by atoms with E-state index >= 15 is 0 Å². The molecule has 0 aliphatic rings. The van der Waals surface area contributed by atoms with E-state index in [1.54, 1.807) is 6.07 Å². The van der Waals surface area contributed by atoms with Crippen molar-refractivity contribution in [1.82, 2.24) is 4.98 Å². The van der Waals surface area contributed by atoms with Gasteiger partial charge in [0.25, 0.3) is 5.69 Å². The third-order valence-corrected chi connectivity index (χ3v) is 3.96. The lowest BCUT2D eigenvalue weighted by molar-refractivity contribution is -0.384. The highest BCUT2D eigenvalue weighted by Crippen LogP contribution is 2.43. The first-order chi connectivity index (χ1) is 12.0. The first-order valence-corrected chi connectivity index (χ1v) is 7.43. The van der Waals surface area contributed by atoms with Gasteiger partial charge in [0.2, 0.25) is 5.88 Å². The molecule has 0 aliphatic heterocycles. The number of aryl methyl sites for hydroxylation is 1. The molecule has 25 heavy (non-hydrogen) atoms. The van der Waals surface area contributed by atoms with E-state index < -0.39 is 10.7 Å². The highest BCUT2D eigenvalue weighted by Gasteiger charge is 2.25. The quantitative estimate of drug-likeness (QED) is 0.523. The second-order valence-corrected chi connectivity index (χ2v) is 5.44. The Morgan fingerprint density at radius 1 is 1.12 bits per heavy atom. The standard InChI is InChI=1S/C18H15FN2O4/c1-10-8-15(25-3)20-18-14(24-2)9-13(21(22)23)17(16(10)18)11-4-6-12(19)7-5-11/h4-9H,1-3H3. The van der Waals surface area contributed by atoms with E-state index in [4.69, 9.17) is 9.47 Å². The molecule has 0 aliphatic carbocycles. The van der Waals surface area contributed by atoms with Crippen molar-refractivity contribution >= 4 is 16.6 Å². The summed E-state index contributed by atoms with van der Waals surface area (Å²) in [5.41, 5.74) is 1.95. The number of fused-ring (bicyclic) bond motifs is 1. The average molecular weight is 342 g/mol. The van der Waals surface area contributed by atoms with Crippen LogP contribution in [0.4, 0.5) is 10.1 Å².